The molecule has 2 aromatic carbocycles. The van der Waals surface area contributed by atoms with Gasteiger partial charge in [0, 0.05) is 6.54 Å². The smallest absolute Gasteiger partial charge is 0.175 e. The van der Waals surface area contributed by atoms with E-state index in [4.69, 9.17) is 18.9 Å². The summed E-state index contributed by atoms with van der Waals surface area (Å²) < 4.78 is 22.8. The molecule has 0 fully saturated rings. The SMILES string of the molecule is CCCOc1c(Br)cc(CNCCc2ccc(OC)c(OC)c2)cc1OC. The molecule has 6 heteroatoms. The third-order valence-corrected chi connectivity index (χ3v) is 4.70. The molecule has 148 valence electrons. The van der Waals surface area contributed by atoms with Crippen LogP contribution in [0.3, 0.4) is 0 Å². The second-order valence-electron chi connectivity index (χ2n) is 6.07. The highest BCUT2D eigenvalue weighted by atomic mass is 79.9. The first-order chi connectivity index (χ1) is 13.1. The summed E-state index contributed by atoms with van der Waals surface area (Å²) in [6.45, 7) is 4.34. The van der Waals surface area contributed by atoms with Crippen molar-refractivity contribution in [3.05, 3.63) is 45.9 Å². The average Bonchev–Trinajstić information content (AvgIpc) is 2.69. The molecule has 0 spiro atoms. The van der Waals surface area contributed by atoms with E-state index in [1.54, 1.807) is 21.3 Å². The third-order valence-electron chi connectivity index (χ3n) is 4.11. The van der Waals surface area contributed by atoms with E-state index in [1.807, 2.05) is 18.2 Å². The van der Waals surface area contributed by atoms with Crippen molar-refractivity contribution < 1.29 is 18.9 Å². The summed E-state index contributed by atoms with van der Waals surface area (Å²) in [5.74, 6) is 3.01. The van der Waals surface area contributed by atoms with Gasteiger partial charge >= 0.3 is 0 Å². The van der Waals surface area contributed by atoms with Crippen LogP contribution in [0, 0.1) is 0 Å². The lowest BCUT2D eigenvalue weighted by Gasteiger charge is -2.14. The van der Waals surface area contributed by atoms with Crippen LogP contribution < -0.4 is 24.3 Å². The Hall–Kier alpha value is -1.92. The van der Waals surface area contributed by atoms with Crippen molar-refractivity contribution in [3.8, 4) is 23.0 Å². The highest BCUT2D eigenvalue weighted by Gasteiger charge is 2.11. The predicted octanol–water partition coefficient (Wildman–Crippen LogP) is 4.60. The molecular formula is C21H28BrNO4. The number of benzene rings is 2. The number of hydrogen-bond donors (Lipinski definition) is 1. The van der Waals surface area contributed by atoms with Crippen LogP contribution in [0.1, 0.15) is 24.5 Å². The van der Waals surface area contributed by atoms with E-state index in [-0.39, 0.29) is 0 Å². The van der Waals surface area contributed by atoms with Gasteiger partial charge in [0.25, 0.3) is 0 Å². The van der Waals surface area contributed by atoms with Gasteiger partial charge in [0.2, 0.25) is 0 Å². The maximum Gasteiger partial charge on any atom is 0.175 e. The summed E-state index contributed by atoms with van der Waals surface area (Å²) >= 11 is 3.59. The van der Waals surface area contributed by atoms with E-state index >= 15 is 0 Å². The highest BCUT2D eigenvalue weighted by Crippen LogP contribution is 2.36. The molecule has 27 heavy (non-hydrogen) atoms. The van der Waals surface area contributed by atoms with Crippen LogP contribution in [-0.2, 0) is 13.0 Å². The van der Waals surface area contributed by atoms with Crippen LogP contribution >= 0.6 is 15.9 Å². The molecule has 0 aromatic heterocycles. The van der Waals surface area contributed by atoms with Crippen LogP contribution in [0.25, 0.3) is 0 Å². The second-order valence-corrected chi connectivity index (χ2v) is 6.93. The zero-order chi connectivity index (χ0) is 19.6. The minimum atomic E-state index is 0.665. The van der Waals surface area contributed by atoms with Crippen molar-refractivity contribution in [1.82, 2.24) is 5.32 Å². The van der Waals surface area contributed by atoms with Crippen molar-refractivity contribution >= 4 is 15.9 Å². The molecule has 0 heterocycles. The summed E-state index contributed by atoms with van der Waals surface area (Å²) in [6, 6.07) is 10.1. The quantitative estimate of drug-likeness (QED) is 0.520. The number of nitrogens with one attached hydrogen (secondary N) is 1. The molecule has 5 nitrogen and oxygen atoms in total. The van der Waals surface area contributed by atoms with Crippen molar-refractivity contribution in [1.29, 1.82) is 0 Å². The minimum absolute atomic E-state index is 0.665. The molecule has 0 bridgehead atoms. The van der Waals surface area contributed by atoms with Crippen molar-refractivity contribution in [2.45, 2.75) is 26.3 Å². The molecule has 0 unspecified atom stereocenters. The predicted molar refractivity (Wildman–Crippen MR) is 111 cm³/mol. The van der Waals surface area contributed by atoms with Crippen LogP contribution in [0.4, 0.5) is 0 Å². The van der Waals surface area contributed by atoms with Gasteiger partial charge in [-0.05, 0) is 70.7 Å². The summed E-state index contributed by atoms with van der Waals surface area (Å²) in [6.07, 6.45) is 1.85. The largest absolute Gasteiger partial charge is 0.493 e. The molecule has 0 radical (unpaired) electrons. The second kappa shape index (κ2) is 11.0. The first-order valence-electron chi connectivity index (χ1n) is 9.03. The Labute approximate surface area is 170 Å². The molecule has 0 aliphatic carbocycles. The van der Waals surface area contributed by atoms with Gasteiger partial charge < -0.3 is 24.3 Å². The minimum Gasteiger partial charge on any atom is -0.493 e. The monoisotopic (exact) mass is 437 g/mol. The van der Waals surface area contributed by atoms with Crippen LogP contribution in [0.2, 0.25) is 0 Å². The van der Waals surface area contributed by atoms with E-state index in [9.17, 15) is 0 Å². The fourth-order valence-corrected chi connectivity index (χ4v) is 3.32. The maximum absolute atomic E-state index is 5.77. The molecule has 0 saturated heterocycles. The highest BCUT2D eigenvalue weighted by molar-refractivity contribution is 9.10. The van der Waals surface area contributed by atoms with Gasteiger partial charge in [0.05, 0.1) is 32.4 Å². The molecule has 2 aromatic rings. The lowest BCUT2D eigenvalue weighted by atomic mass is 10.1. The Balaban J connectivity index is 1.92. The molecule has 2 rings (SSSR count). The van der Waals surface area contributed by atoms with Gasteiger partial charge in [-0.1, -0.05) is 13.0 Å². The van der Waals surface area contributed by atoms with Gasteiger partial charge in [-0.25, -0.2) is 0 Å². The van der Waals surface area contributed by atoms with Gasteiger partial charge in [0.15, 0.2) is 23.0 Å². The van der Waals surface area contributed by atoms with Gasteiger partial charge in [-0.15, -0.1) is 0 Å². The fraction of sp³-hybridized carbons (Fsp3) is 0.429. The molecule has 0 saturated carbocycles. The normalized spacial score (nSPS) is 10.6. The van der Waals surface area contributed by atoms with Crippen molar-refractivity contribution in [3.63, 3.8) is 0 Å². The zero-order valence-electron chi connectivity index (χ0n) is 16.4. The van der Waals surface area contributed by atoms with E-state index < -0.39 is 0 Å². The molecular weight excluding hydrogens is 410 g/mol. The Kier molecular flexibility index (Phi) is 8.75. The number of methoxy groups -OCH3 is 3. The third kappa shape index (κ3) is 6.04. The molecule has 0 aliphatic heterocycles. The van der Waals surface area contributed by atoms with Gasteiger partial charge in [-0.3, -0.25) is 0 Å². The Morgan fingerprint density at radius 3 is 2.26 bits per heavy atom. The molecule has 0 aliphatic rings. The Morgan fingerprint density at radius 1 is 0.889 bits per heavy atom. The van der Waals surface area contributed by atoms with E-state index in [0.29, 0.717) is 6.61 Å². The van der Waals surface area contributed by atoms with Crippen molar-refractivity contribution in [2.75, 3.05) is 34.5 Å². The average molecular weight is 438 g/mol. The lowest BCUT2D eigenvalue weighted by Crippen LogP contribution is -2.17. The summed E-state index contributed by atoms with van der Waals surface area (Å²) in [5, 5.41) is 3.47. The van der Waals surface area contributed by atoms with Crippen LogP contribution in [-0.4, -0.2) is 34.5 Å². The van der Waals surface area contributed by atoms with Crippen molar-refractivity contribution in [2.24, 2.45) is 0 Å². The Morgan fingerprint density at radius 2 is 1.59 bits per heavy atom. The number of ether oxygens (including phenoxy) is 4. The standard InChI is InChI=1S/C21H28BrNO4/c1-5-10-27-21-17(22)11-16(13-20(21)26-4)14-23-9-8-15-6-7-18(24-2)19(12-15)25-3/h6-7,11-13,23H,5,8-10,14H2,1-4H3. The molecule has 0 amide bonds. The number of halogens is 1. The number of rotatable bonds is 11. The number of hydrogen-bond acceptors (Lipinski definition) is 5. The molecule has 1 N–H and O–H groups in total. The first-order valence-corrected chi connectivity index (χ1v) is 9.83. The van der Waals surface area contributed by atoms with Gasteiger partial charge in [-0.2, -0.15) is 0 Å². The first kappa shape index (κ1) is 21.4. The van der Waals surface area contributed by atoms with E-state index in [0.717, 1.165) is 59.0 Å². The Bertz CT molecular complexity index is 736. The van der Waals surface area contributed by atoms with E-state index in [2.05, 4.69) is 40.3 Å². The van der Waals surface area contributed by atoms with Gasteiger partial charge in [0.1, 0.15) is 0 Å². The summed E-state index contributed by atoms with van der Waals surface area (Å²) in [4.78, 5) is 0. The maximum atomic E-state index is 5.77. The topological polar surface area (TPSA) is 49.0 Å². The van der Waals surface area contributed by atoms with Crippen LogP contribution in [0.15, 0.2) is 34.8 Å². The lowest BCUT2D eigenvalue weighted by molar-refractivity contribution is 0.292. The fourth-order valence-electron chi connectivity index (χ4n) is 2.72. The zero-order valence-corrected chi connectivity index (χ0v) is 18.0. The van der Waals surface area contributed by atoms with E-state index in [1.165, 1.54) is 5.56 Å². The van der Waals surface area contributed by atoms with Crippen LogP contribution in [0.5, 0.6) is 23.0 Å². The summed E-state index contributed by atoms with van der Waals surface area (Å²) in [7, 11) is 4.96. The molecule has 0 atom stereocenters. The summed E-state index contributed by atoms with van der Waals surface area (Å²) in [5.41, 5.74) is 2.33.